The van der Waals surface area contributed by atoms with Crippen LogP contribution in [0.4, 0.5) is 0 Å². The number of benzene rings is 1. The second kappa shape index (κ2) is 6.28. The van der Waals surface area contributed by atoms with Gasteiger partial charge in [-0.15, -0.1) is 0 Å². The van der Waals surface area contributed by atoms with Gasteiger partial charge in [0.15, 0.2) is 0 Å². The number of ether oxygens (including phenoxy) is 1. The van der Waals surface area contributed by atoms with E-state index in [9.17, 15) is 9.59 Å². The van der Waals surface area contributed by atoms with Crippen LogP contribution >= 0.6 is 0 Å². The van der Waals surface area contributed by atoms with Crippen molar-refractivity contribution in [3.63, 3.8) is 0 Å². The number of rotatable bonds is 3. The molecule has 0 spiro atoms. The van der Waals surface area contributed by atoms with Gasteiger partial charge in [0.1, 0.15) is 5.75 Å². The SMILES string of the molecule is COc1cccc(-n2c(C)c3cnn(-c4ccc(=O)[nH]c4)c(=O)c3c2C)c1. The lowest BCUT2D eigenvalue weighted by molar-refractivity contribution is 0.414. The van der Waals surface area contributed by atoms with Crippen LogP contribution in [0.1, 0.15) is 11.4 Å². The summed E-state index contributed by atoms with van der Waals surface area (Å²) in [5.74, 6) is 0.743. The lowest BCUT2D eigenvalue weighted by atomic mass is 10.2. The molecule has 0 aliphatic carbocycles. The third kappa shape index (κ3) is 2.64. The van der Waals surface area contributed by atoms with Gasteiger partial charge in [0, 0.05) is 40.8 Å². The molecular formula is C20H18N4O3. The maximum absolute atomic E-state index is 13.1. The molecule has 136 valence electrons. The molecule has 0 bridgehead atoms. The first-order valence-electron chi connectivity index (χ1n) is 8.44. The summed E-state index contributed by atoms with van der Waals surface area (Å²) >= 11 is 0. The number of H-pyrrole nitrogens is 1. The van der Waals surface area contributed by atoms with Gasteiger partial charge in [0.2, 0.25) is 5.56 Å². The van der Waals surface area contributed by atoms with E-state index in [0.717, 1.165) is 28.2 Å². The molecule has 27 heavy (non-hydrogen) atoms. The zero-order chi connectivity index (χ0) is 19.1. The minimum Gasteiger partial charge on any atom is -0.497 e. The summed E-state index contributed by atoms with van der Waals surface area (Å²) in [5.41, 5.74) is 2.70. The number of hydrogen-bond donors (Lipinski definition) is 1. The Bertz CT molecular complexity index is 1260. The molecule has 3 heterocycles. The highest BCUT2D eigenvalue weighted by Crippen LogP contribution is 2.27. The maximum Gasteiger partial charge on any atom is 0.281 e. The van der Waals surface area contributed by atoms with Crippen LogP contribution in [-0.2, 0) is 0 Å². The van der Waals surface area contributed by atoms with E-state index in [4.69, 9.17) is 4.74 Å². The van der Waals surface area contributed by atoms with Crippen LogP contribution in [0.5, 0.6) is 5.75 Å². The van der Waals surface area contributed by atoms with E-state index in [1.165, 1.54) is 16.9 Å². The predicted octanol–water partition coefficient (Wildman–Crippen LogP) is 2.49. The lowest BCUT2D eigenvalue weighted by Gasteiger charge is -2.10. The number of aromatic amines is 1. The van der Waals surface area contributed by atoms with Crippen molar-refractivity contribution in [3.05, 3.63) is 80.9 Å². The summed E-state index contributed by atoms with van der Waals surface area (Å²) in [7, 11) is 1.62. The smallest absolute Gasteiger partial charge is 0.281 e. The molecule has 1 aromatic carbocycles. The summed E-state index contributed by atoms with van der Waals surface area (Å²) < 4.78 is 8.63. The van der Waals surface area contributed by atoms with Crippen LogP contribution in [-0.4, -0.2) is 26.4 Å². The van der Waals surface area contributed by atoms with Gasteiger partial charge in [-0.2, -0.15) is 9.78 Å². The van der Waals surface area contributed by atoms with Crippen LogP contribution in [0, 0.1) is 13.8 Å². The number of methoxy groups -OCH3 is 1. The first-order valence-corrected chi connectivity index (χ1v) is 8.44. The van der Waals surface area contributed by atoms with Crippen molar-refractivity contribution in [2.45, 2.75) is 13.8 Å². The second-order valence-corrected chi connectivity index (χ2v) is 6.27. The number of nitrogens with one attached hydrogen (secondary N) is 1. The standard InChI is InChI=1S/C20H18N4O3/c1-12-17-11-22-24(15-7-8-18(25)21-10-15)20(26)19(17)13(2)23(12)14-5-4-6-16(9-14)27-3/h4-11H,1-3H3,(H,21,25). The highest BCUT2D eigenvalue weighted by Gasteiger charge is 2.18. The minimum atomic E-state index is -0.234. The molecule has 0 atom stereocenters. The van der Waals surface area contributed by atoms with Gasteiger partial charge < -0.3 is 14.3 Å². The molecule has 1 N–H and O–H groups in total. The molecule has 7 nitrogen and oxygen atoms in total. The molecule has 4 rings (SSSR count). The van der Waals surface area contributed by atoms with Gasteiger partial charge in [0.05, 0.1) is 24.4 Å². The zero-order valence-corrected chi connectivity index (χ0v) is 15.2. The highest BCUT2D eigenvalue weighted by molar-refractivity contribution is 5.88. The van der Waals surface area contributed by atoms with E-state index in [-0.39, 0.29) is 11.1 Å². The number of aromatic nitrogens is 4. The number of pyridine rings is 1. The summed E-state index contributed by atoms with van der Waals surface area (Å²) in [6.45, 7) is 3.87. The Kier molecular flexibility index (Phi) is 3.92. The van der Waals surface area contributed by atoms with E-state index in [0.29, 0.717) is 11.1 Å². The molecule has 0 fully saturated rings. The van der Waals surface area contributed by atoms with Crippen LogP contribution < -0.4 is 15.9 Å². The van der Waals surface area contributed by atoms with Gasteiger partial charge in [-0.1, -0.05) is 6.07 Å². The number of fused-ring (bicyclic) bond motifs is 1. The quantitative estimate of drug-likeness (QED) is 0.607. The molecule has 0 radical (unpaired) electrons. The van der Waals surface area contributed by atoms with Crippen molar-refractivity contribution < 1.29 is 4.74 Å². The number of nitrogens with zero attached hydrogens (tertiary/aromatic N) is 3. The van der Waals surface area contributed by atoms with E-state index in [2.05, 4.69) is 10.1 Å². The molecule has 0 saturated heterocycles. The van der Waals surface area contributed by atoms with Crippen LogP contribution in [0.2, 0.25) is 0 Å². The Morgan fingerprint density at radius 1 is 1.04 bits per heavy atom. The average molecular weight is 362 g/mol. The van der Waals surface area contributed by atoms with Crippen molar-refractivity contribution in [1.82, 2.24) is 19.3 Å². The van der Waals surface area contributed by atoms with Crippen molar-refractivity contribution in [2.75, 3.05) is 7.11 Å². The van der Waals surface area contributed by atoms with Crippen LogP contribution in [0.25, 0.3) is 22.1 Å². The van der Waals surface area contributed by atoms with Crippen molar-refractivity contribution in [3.8, 4) is 17.1 Å². The first kappa shape index (κ1) is 16.8. The van der Waals surface area contributed by atoms with Crippen LogP contribution in [0.3, 0.4) is 0 Å². The predicted molar refractivity (Wildman–Crippen MR) is 103 cm³/mol. The van der Waals surface area contributed by atoms with Gasteiger partial charge in [-0.25, -0.2) is 0 Å². The van der Waals surface area contributed by atoms with E-state index in [1.54, 1.807) is 19.4 Å². The maximum atomic E-state index is 13.1. The van der Waals surface area contributed by atoms with Crippen LogP contribution in [0.15, 0.2) is 58.4 Å². The monoisotopic (exact) mass is 362 g/mol. The normalized spacial score (nSPS) is 11.1. The van der Waals surface area contributed by atoms with Crippen molar-refractivity contribution in [2.24, 2.45) is 0 Å². The number of aryl methyl sites for hydroxylation is 2. The summed E-state index contributed by atoms with van der Waals surface area (Å²) in [5, 5.41) is 5.68. The summed E-state index contributed by atoms with van der Waals surface area (Å²) in [6.07, 6.45) is 3.16. The molecule has 4 aromatic rings. The largest absolute Gasteiger partial charge is 0.497 e. The van der Waals surface area contributed by atoms with Gasteiger partial charge in [0.25, 0.3) is 5.56 Å². The molecule has 3 aromatic heterocycles. The van der Waals surface area contributed by atoms with E-state index < -0.39 is 0 Å². The topological polar surface area (TPSA) is 81.9 Å². The summed E-state index contributed by atoms with van der Waals surface area (Å²) in [6, 6.07) is 10.6. The van der Waals surface area contributed by atoms with Gasteiger partial charge in [-0.3, -0.25) is 9.59 Å². The lowest BCUT2D eigenvalue weighted by Crippen LogP contribution is -2.22. The fourth-order valence-electron chi connectivity index (χ4n) is 3.42. The molecule has 0 aliphatic heterocycles. The average Bonchev–Trinajstić information content (AvgIpc) is 2.94. The first-order chi connectivity index (χ1) is 13.0. The third-order valence-electron chi connectivity index (χ3n) is 4.72. The fourth-order valence-corrected chi connectivity index (χ4v) is 3.42. The van der Waals surface area contributed by atoms with Crippen molar-refractivity contribution >= 4 is 10.8 Å². The summed E-state index contributed by atoms with van der Waals surface area (Å²) in [4.78, 5) is 27.0. The van der Waals surface area contributed by atoms with E-state index >= 15 is 0 Å². The number of hydrogen-bond acceptors (Lipinski definition) is 4. The minimum absolute atomic E-state index is 0.232. The molecule has 0 amide bonds. The molecule has 0 saturated carbocycles. The Hall–Kier alpha value is -3.61. The molecule has 7 heteroatoms. The zero-order valence-electron chi connectivity index (χ0n) is 15.2. The van der Waals surface area contributed by atoms with Gasteiger partial charge in [-0.05, 0) is 32.0 Å². The fraction of sp³-hybridized carbons (Fsp3) is 0.150. The molecule has 0 aliphatic rings. The Balaban J connectivity index is 1.99. The third-order valence-corrected chi connectivity index (χ3v) is 4.72. The molecular weight excluding hydrogens is 344 g/mol. The molecule has 0 unspecified atom stereocenters. The Morgan fingerprint density at radius 3 is 2.56 bits per heavy atom. The van der Waals surface area contributed by atoms with Crippen molar-refractivity contribution in [1.29, 1.82) is 0 Å². The van der Waals surface area contributed by atoms with Gasteiger partial charge >= 0.3 is 0 Å². The highest BCUT2D eigenvalue weighted by atomic mass is 16.5. The second-order valence-electron chi connectivity index (χ2n) is 6.27. The Morgan fingerprint density at radius 2 is 1.85 bits per heavy atom. The van der Waals surface area contributed by atoms with E-state index in [1.807, 2.05) is 42.7 Å². The Labute approximate surface area is 154 Å².